The number of hydrogen-bond acceptors (Lipinski definition) is 3. The average Bonchev–Trinajstić information content (AvgIpc) is 2.47. The summed E-state index contributed by atoms with van der Waals surface area (Å²) >= 11 is 0. The van der Waals surface area contributed by atoms with Crippen molar-refractivity contribution in [3.63, 3.8) is 0 Å². The van der Waals surface area contributed by atoms with Crippen LogP contribution in [0.1, 0.15) is 11.1 Å². The smallest absolute Gasteiger partial charge is 0.181 e. The third kappa shape index (κ3) is 4.21. The van der Waals surface area contributed by atoms with Gasteiger partial charge in [-0.2, -0.15) is 0 Å². The minimum absolute atomic E-state index is 0.280. The molecule has 5 heteroatoms. The van der Waals surface area contributed by atoms with E-state index in [1.165, 1.54) is 32.5 Å². The van der Waals surface area contributed by atoms with Crippen LogP contribution >= 0.6 is 0 Å². The summed E-state index contributed by atoms with van der Waals surface area (Å²) in [5.41, 5.74) is 1.58. The van der Waals surface area contributed by atoms with Gasteiger partial charge in [0.25, 0.3) is 0 Å². The fraction of sp³-hybridized carbons (Fsp3) is 0.188. The van der Waals surface area contributed by atoms with Crippen molar-refractivity contribution in [1.82, 2.24) is 0 Å². The van der Waals surface area contributed by atoms with Gasteiger partial charge in [0.15, 0.2) is 17.7 Å². The van der Waals surface area contributed by atoms with E-state index in [0.717, 1.165) is 11.1 Å². The normalized spacial score (nSPS) is 11.3. The van der Waals surface area contributed by atoms with Crippen LogP contribution in [0, 0.1) is 11.0 Å². The highest BCUT2D eigenvalue weighted by Gasteiger charge is 2.07. The van der Waals surface area contributed by atoms with Crippen LogP contribution in [0.15, 0.2) is 42.5 Å². The van der Waals surface area contributed by atoms with Crippen molar-refractivity contribution in [2.24, 2.45) is 0 Å². The molecule has 2 rings (SSSR count). The van der Waals surface area contributed by atoms with Gasteiger partial charge in [-0.3, -0.25) is 0 Å². The van der Waals surface area contributed by atoms with Crippen molar-refractivity contribution in [2.75, 3.05) is 14.2 Å². The van der Waals surface area contributed by atoms with Crippen LogP contribution in [0.5, 0.6) is 11.5 Å². The molecule has 0 aliphatic rings. The summed E-state index contributed by atoms with van der Waals surface area (Å²) in [7, 11) is 2.94. The Hall–Kier alpha value is -2.56. The maximum Gasteiger partial charge on any atom is 0.181 e. The summed E-state index contributed by atoms with van der Waals surface area (Å²) in [6.45, 7) is 0.307. The molecule has 21 heavy (non-hydrogen) atoms. The molecule has 0 atom stereocenters. The molecule has 0 aromatic heterocycles. The number of methoxy groups -OCH3 is 1. The average molecular weight is 289 g/mol. The van der Waals surface area contributed by atoms with Gasteiger partial charge in [-0.25, -0.2) is 9.13 Å². The van der Waals surface area contributed by atoms with E-state index in [-0.39, 0.29) is 5.82 Å². The lowest BCUT2D eigenvalue weighted by atomic mass is 10.2. The van der Waals surface area contributed by atoms with Crippen molar-refractivity contribution >= 4 is 6.21 Å². The first-order valence-corrected chi connectivity index (χ1v) is 6.38. The second-order valence-corrected chi connectivity index (χ2v) is 4.50. The van der Waals surface area contributed by atoms with E-state index >= 15 is 0 Å². The SMILES string of the molecule is COc1cc(C=[N+](C)[O-])ccc1OCc1ccc(F)cc1. The van der Waals surface area contributed by atoms with E-state index in [1.807, 2.05) is 0 Å². The monoisotopic (exact) mass is 289 g/mol. The second kappa shape index (κ2) is 6.74. The van der Waals surface area contributed by atoms with Crippen LogP contribution in [-0.2, 0) is 6.61 Å². The molecule has 110 valence electrons. The van der Waals surface area contributed by atoms with E-state index in [9.17, 15) is 9.60 Å². The van der Waals surface area contributed by atoms with Gasteiger partial charge >= 0.3 is 0 Å². The van der Waals surface area contributed by atoms with Crippen LogP contribution in [0.25, 0.3) is 0 Å². The van der Waals surface area contributed by atoms with Crippen molar-refractivity contribution in [1.29, 1.82) is 0 Å². The fourth-order valence-electron chi connectivity index (χ4n) is 1.84. The number of rotatable bonds is 5. The lowest BCUT2D eigenvalue weighted by Crippen LogP contribution is -2.00. The molecule has 0 saturated carbocycles. The Morgan fingerprint density at radius 2 is 1.86 bits per heavy atom. The van der Waals surface area contributed by atoms with Gasteiger partial charge in [0.2, 0.25) is 0 Å². The fourth-order valence-corrected chi connectivity index (χ4v) is 1.84. The van der Waals surface area contributed by atoms with E-state index in [1.54, 1.807) is 30.3 Å². The first-order chi connectivity index (χ1) is 10.1. The molecule has 0 spiro atoms. The van der Waals surface area contributed by atoms with Gasteiger partial charge in [-0.15, -0.1) is 0 Å². The number of nitrogens with zero attached hydrogens (tertiary/aromatic N) is 1. The topological polar surface area (TPSA) is 44.5 Å². The Morgan fingerprint density at radius 3 is 2.48 bits per heavy atom. The zero-order valence-corrected chi connectivity index (χ0v) is 11.9. The summed E-state index contributed by atoms with van der Waals surface area (Å²) in [5, 5.41) is 11.0. The third-order valence-electron chi connectivity index (χ3n) is 2.83. The Morgan fingerprint density at radius 1 is 1.14 bits per heavy atom. The highest BCUT2D eigenvalue weighted by atomic mass is 19.1. The summed E-state index contributed by atoms with van der Waals surface area (Å²) < 4.78 is 24.4. The van der Waals surface area contributed by atoms with Crippen molar-refractivity contribution in [3.05, 3.63) is 64.6 Å². The van der Waals surface area contributed by atoms with E-state index in [4.69, 9.17) is 9.47 Å². The first kappa shape index (κ1) is 14.8. The highest BCUT2D eigenvalue weighted by Crippen LogP contribution is 2.28. The molecule has 0 aliphatic carbocycles. The van der Waals surface area contributed by atoms with Crippen LogP contribution in [0.3, 0.4) is 0 Å². The molecule has 0 saturated heterocycles. The molecular weight excluding hydrogens is 273 g/mol. The van der Waals surface area contributed by atoms with Crippen LogP contribution < -0.4 is 9.47 Å². The van der Waals surface area contributed by atoms with Crippen molar-refractivity contribution in [3.8, 4) is 11.5 Å². The molecule has 0 heterocycles. The van der Waals surface area contributed by atoms with Crippen LogP contribution in [0.2, 0.25) is 0 Å². The standard InChI is InChI=1S/C16H16FNO3/c1-18(19)10-13-5-8-15(16(9-13)20-2)21-11-12-3-6-14(17)7-4-12/h3-10H,11H2,1-2H3. The summed E-state index contributed by atoms with van der Waals surface area (Å²) in [5.74, 6) is 0.818. The maximum atomic E-state index is 12.8. The van der Waals surface area contributed by atoms with Crippen LogP contribution in [0.4, 0.5) is 4.39 Å². The summed E-state index contributed by atoms with van der Waals surface area (Å²) in [4.78, 5) is 0. The quantitative estimate of drug-likeness (QED) is 0.368. The number of benzene rings is 2. The molecular formula is C16H16FNO3. The van der Waals surface area contributed by atoms with Gasteiger partial charge in [-0.05, 0) is 35.9 Å². The third-order valence-corrected chi connectivity index (χ3v) is 2.83. The van der Waals surface area contributed by atoms with E-state index in [0.29, 0.717) is 22.8 Å². The molecule has 0 amide bonds. The molecule has 0 radical (unpaired) electrons. The number of hydrogen-bond donors (Lipinski definition) is 0. The zero-order chi connectivity index (χ0) is 15.2. The van der Waals surface area contributed by atoms with Gasteiger partial charge in [-0.1, -0.05) is 12.1 Å². The van der Waals surface area contributed by atoms with Gasteiger partial charge < -0.3 is 14.7 Å². The molecule has 0 fully saturated rings. The van der Waals surface area contributed by atoms with E-state index < -0.39 is 0 Å². The van der Waals surface area contributed by atoms with Crippen molar-refractivity contribution < 1.29 is 18.6 Å². The predicted molar refractivity (Wildman–Crippen MR) is 78.4 cm³/mol. The van der Waals surface area contributed by atoms with Gasteiger partial charge in [0, 0.05) is 5.56 Å². The predicted octanol–water partition coefficient (Wildman–Crippen LogP) is 2.97. The molecule has 0 aliphatic heterocycles. The first-order valence-electron chi connectivity index (χ1n) is 6.38. The minimum atomic E-state index is -0.280. The molecule has 2 aromatic rings. The molecule has 0 N–H and O–H groups in total. The minimum Gasteiger partial charge on any atom is -0.624 e. The zero-order valence-electron chi connectivity index (χ0n) is 11.9. The second-order valence-electron chi connectivity index (χ2n) is 4.50. The Balaban J connectivity index is 2.12. The summed E-state index contributed by atoms with van der Waals surface area (Å²) in [6.07, 6.45) is 1.44. The Kier molecular flexibility index (Phi) is 4.77. The molecule has 0 unspecified atom stereocenters. The van der Waals surface area contributed by atoms with Gasteiger partial charge in [0.05, 0.1) is 7.11 Å². The number of ether oxygens (including phenoxy) is 2. The highest BCUT2D eigenvalue weighted by molar-refractivity contribution is 5.77. The van der Waals surface area contributed by atoms with Crippen LogP contribution in [-0.4, -0.2) is 25.1 Å². The largest absolute Gasteiger partial charge is 0.624 e. The van der Waals surface area contributed by atoms with Crippen molar-refractivity contribution in [2.45, 2.75) is 6.61 Å². The Bertz CT molecular complexity index is 634. The molecule has 2 aromatic carbocycles. The Labute approximate surface area is 122 Å². The van der Waals surface area contributed by atoms with E-state index in [2.05, 4.69) is 0 Å². The molecule has 0 bridgehead atoms. The number of hydroxylamine groups is 1. The maximum absolute atomic E-state index is 12.8. The number of halogens is 1. The molecule has 4 nitrogen and oxygen atoms in total. The van der Waals surface area contributed by atoms with Gasteiger partial charge in [0.1, 0.15) is 19.5 Å². The lowest BCUT2D eigenvalue weighted by Gasteiger charge is -2.11. The lowest BCUT2D eigenvalue weighted by molar-refractivity contribution is -0.416. The summed E-state index contributed by atoms with van der Waals surface area (Å²) in [6, 6.07) is 11.3.